The quantitative estimate of drug-likeness (QED) is 0.376. The van der Waals surface area contributed by atoms with Crippen LogP contribution in [0.15, 0.2) is 59.5 Å². The summed E-state index contributed by atoms with van der Waals surface area (Å²) in [7, 11) is 1.50. The van der Waals surface area contributed by atoms with E-state index in [1.54, 1.807) is 31.2 Å². The normalized spacial score (nSPS) is 11.3. The standard InChI is InChI=1S/C24H24ClN3O5.Na.H/c1-14-13-28(2)23(32)21(22(14)31)27-24(33)26-19(12-20(29)30)17-8-5-6-15(11-17)10-16-7-3-4-9-18(16)25;;/h3-9,11,13,19,31H,10,12H2,1-2H3,(H,29,30)(H2,26,27,33);;. The molecule has 3 rings (SSSR count). The van der Waals surface area contributed by atoms with Gasteiger partial charge in [0, 0.05) is 23.8 Å². The summed E-state index contributed by atoms with van der Waals surface area (Å²) in [5.41, 5.74) is 1.92. The summed E-state index contributed by atoms with van der Waals surface area (Å²) in [5, 5.41) is 25.1. The number of anilines is 1. The monoisotopic (exact) mass is 493 g/mol. The Morgan fingerprint density at radius 1 is 1.15 bits per heavy atom. The first-order valence-corrected chi connectivity index (χ1v) is 10.5. The van der Waals surface area contributed by atoms with Crippen molar-refractivity contribution in [2.75, 3.05) is 5.32 Å². The Balaban J connectivity index is 0.00000408. The molecular weight excluding hydrogens is 469 g/mol. The molecule has 0 fully saturated rings. The third-order valence-corrected chi connectivity index (χ3v) is 5.53. The predicted octanol–water partition coefficient (Wildman–Crippen LogP) is 3.33. The fraction of sp³-hybridized carbons (Fsp3) is 0.208. The van der Waals surface area contributed by atoms with E-state index in [1.807, 2.05) is 24.3 Å². The maximum absolute atomic E-state index is 12.6. The Hall–Kier alpha value is -2.78. The van der Waals surface area contributed by atoms with Crippen molar-refractivity contribution in [3.8, 4) is 5.75 Å². The van der Waals surface area contributed by atoms with Crippen LogP contribution in [0, 0.1) is 6.92 Å². The van der Waals surface area contributed by atoms with Crippen LogP contribution in [-0.2, 0) is 18.3 Å². The second kappa shape index (κ2) is 12.1. The van der Waals surface area contributed by atoms with Gasteiger partial charge in [-0.15, -0.1) is 0 Å². The van der Waals surface area contributed by atoms with Gasteiger partial charge in [-0.3, -0.25) is 9.59 Å². The van der Waals surface area contributed by atoms with E-state index in [0.29, 0.717) is 22.6 Å². The third kappa shape index (κ3) is 6.87. The molecule has 174 valence electrons. The molecular formula is C24H25ClN3NaO5. The number of aryl methyl sites for hydroxylation is 2. The van der Waals surface area contributed by atoms with Gasteiger partial charge in [-0.2, -0.15) is 0 Å². The molecule has 0 radical (unpaired) electrons. The molecule has 0 aliphatic rings. The van der Waals surface area contributed by atoms with Crippen molar-refractivity contribution < 1.29 is 19.8 Å². The van der Waals surface area contributed by atoms with Gasteiger partial charge in [-0.25, -0.2) is 4.79 Å². The van der Waals surface area contributed by atoms with Crippen molar-refractivity contribution in [2.24, 2.45) is 7.05 Å². The number of amides is 2. The van der Waals surface area contributed by atoms with Gasteiger partial charge in [0.25, 0.3) is 5.56 Å². The van der Waals surface area contributed by atoms with E-state index in [1.165, 1.54) is 17.8 Å². The molecule has 4 N–H and O–H groups in total. The zero-order chi connectivity index (χ0) is 24.1. The van der Waals surface area contributed by atoms with Crippen LogP contribution in [0.1, 0.15) is 34.7 Å². The number of aromatic nitrogens is 1. The molecule has 0 aliphatic carbocycles. The van der Waals surface area contributed by atoms with Gasteiger partial charge in [0.2, 0.25) is 0 Å². The van der Waals surface area contributed by atoms with Gasteiger partial charge in [-0.1, -0.05) is 54.1 Å². The Kier molecular flexibility index (Phi) is 9.76. The molecule has 1 aromatic heterocycles. The molecule has 0 bridgehead atoms. The Morgan fingerprint density at radius 2 is 1.85 bits per heavy atom. The maximum atomic E-state index is 12.6. The fourth-order valence-electron chi connectivity index (χ4n) is 3.51. The minimum absolute atomic E-state index is 0. The Morgan fingerprint density at radius 3 is 2.53 bits per heavy atom. The van der Waals surface area contributed by atoms with Gasteiger partial charge < -0.3 is 25.4 Å². The van der Waals surface area contributed by atoms with Crippen LogP contribution in [-0.4, -0.2) is 56.3 Å². The summed E-state index contributed by atoms with van der Waals surface area (Å²) in [6.07, 6.45) is 1.60. The first-order valence-electron chi connectivity index (χ1n) is 10.2. The average molecular weight is 494 g/mol. The van der Waals surface area contributed by atoms with Crippen molar-refractivity contribution in [1.82, 2.24) is 9.88 Å². The molecule has 1 atom stereocenters. The number of aromatic hydroxyl groups is 1. The number of carboxylic acids is 1. The van der Waals surface area contributed by atoms with E-state index >= 15 is 0 Å². The summed E-state index contributed by atoms with van der Waals surface area (Å²) in [4.78, 5) is 36.4. The second-order valence-electron chi connectivity index (χ2n) is 7.71. The molecule has 34 heavy (non-hydrogen) atoms. The van der Waals surface area contributed by atoms with E-state index in [-0.39, 0.29) is 47.4 Å². The van der Waals surface area contributed by atoms with Crippen LogP contribution in [0.3, 0.4) is 0 Å². The first-order chi connectivity index (χ1) is 15.7. The number of carbonyl (C=O) groups excluding carboxylic acids is 1. The molecule has 8 nitrogen and oxygen atoms in total. The van der Waals surface area contributed by atoms with Crippen LogP contribution in [0.2, 0.25) is 5.02 Å². The van der Waals surface area contributed by atoms with Crippen LogP contribution in [0.25, 0.3) is 0 Å². The van der Waals surface area contributed by atoms with Gasteiger partial charge >= 0.3 is 41.6 Å². The second-order valence-corrected chi connectivity index (χ2v) is 8.12. The first kappa shape index (κ1) is 27.5. The van der Waals surface area contributed by atoms with Crippen LogP contribution in [0.4, 0.5) is 10.5 Å². The van der Waals surface area contributed by atoms with Gasteiger partial charge in [0.1, 0.15) is 5.75 Å². The van der Waals surface area contributed by atoms with Gasteiger partial charge in [0.05, 0.1) is 12.5 Å². The number of hydrogen-bond donors (Lipinski definition) is 4. The van der Waals surface area contributed by atoms with E-state index in [9.17, 15) is 24.6 Å². The zero-order valence-corrected chi connectivity index (χ0v) is 18.9. The van der Waals surface area contributed by atoms with Crippen LogP contribution >= 0.6 is 11.6 Å². The molecule has 2 amide bonds. The Labute approximate surface area is 223 Å². The van der Waals surface area contributed by atoms with E-state index in [0.717, 1.165) is 11.1 Å². The molecule has 1 unspecified atom stereocenters. The van der Waals surface area contributed by atoms with Crippen LogP contribution < -0.4 is 16.2 Å². The predicted molar refractivity (Wildman–Crippen MR) is 133 cm³/mol. The number of nitrogens with one attached hydrogen (secondary N) is 2. The number of urea groups is 1. The van der Waals surface area contributed by atoms with E-state index in [4.69, 9.17) is 11.6 Å². The fourth-order valence-corrected chi connectivity index (χ4v) is 3.72. The van der Waals surface area contributed by atoms with E-state index < -0.39 is 23.6 Å². The molecule has 0 saturated heterocycles. The number of pyridine rings is 1. The topological polar surface area (TPSA) is 121 Å². The molecule has 2 aromatic carbocycles. The van der Waals surface area contributed by atoms with Crippen LogP contribution in [0.5, 0.6) is 5.75 Å². The molecule has 10 heteroatoms. The SMILES string of the molecule is Cc1cn(C)c(=O)c(NC(=O)NC(CC(=O)O)c2cccc(Cc3ccccc3Cl)c2)c1O.[NaH]. The van der Waals surface area contributed by atoms with Crippen molar-refractivity contribution in [3.05, 3.63) is 92.4 Å². The summed E-state index contributed by atoms with van der Waals surface area (Å²) in [5.74, 6) is -1.45. The van der Waals surface area contributed by atoms with Gasteiger partial charge in [0.15, 0.2) is 5.69 Å². The van der Waals surface area contributed by atoms with E-state index in [2.05, 4.69) is 10.6 Å². The third-order valence-electron chi connectivity index (χ3n) is 5.16. The number of hydrogen-bond acceptors (Lipinski definition) is 4. The number of halogens is 1. The minimum atomic E-state index is -1.11. The molecule has 0 spiro atoms. The number of nitrogens with zero attached hydrogens (tertiary/aromatic N) is 1. The van der Waals surface area contributed by atoms with Crippen molar-refractivity contribution >= 4 is 58.8 Å². The molecule has 0 saturated carbocycles. The number of benzene rings is 2. The number of carbonyl (C=O) groups is 2. The molecule has 1 heterocycles. The number of carboxylic acid groups (broad SMARTS) is 1. The summed E-state index contributed by atoms with van der Waals surface area (Å²) < 4.78 is 1.23. The number of rotatable bonds is 7. The summed E-state index contributed by atoms with van der Waals surface area (Å²) >= 11 is 6.25. The molecule has 0 aliphatic heterocycles. The van der Waals surface area contributed by atoms with Crippen molar-refractivity contribution in [1.29, 1.82) is 0 Å². The average Bonchev–Trinajstić information content (AvgIpc) is 2.76. The number of aliphatic carboxylic acids is 1. The summed E-state index contributed by atoms with van der Waals surface area (Å²) in [6.45, 7) is 1.59. The van der Waals surface area contributed by atoms with Crippen molar-refractivity contribution in [2.45, 2.75) is 25.8 Å². The van der Waals surface area contributed by atoms with Gasteiger partial charge in [-0.05, 0) is 36.1 Å². The zero-order valence-electron chi connectivity index (χ0n) is 18.1. The molecule has 3 aromatic rings. The van der Waals surface area contributed by atoms with Crippen molar-refractivity contribution in [3.63, 3.8) is 0 Å². The Bertz CT molecular complexity index is 1260. The summed E-state index contributed by atoms with van der Waals surface area (Å²) in [6, 6.07) is 12.9.